The van der Waals surface area contributed by atoms with E-state index in [9.17, 15) is 5.11 Å². The van der Waals surface area contributed by atoms with Crippen LogP contribution in [0.4, 0.5) is 5.82 Å². The normalized spacial score (nSPS) is 12.4. The van der Waals surface area contributed by atoms with Gasteiger partial charge in [-0.2, -0.15) is 0 Å². The lowest BCUT2D eigenvalue weighted by Gasteiger charge is -2.22. The summed E-state index contributed by atoms with van der Waals surface area (Å²) in [5, 5.41) is 21.3. The van der Waals surface area contributed by atoms with E-state index in [0.717, 1.165) is 38.9 Å². The summed E-state index contributed by atoms with van der Waals surface area (Å²) in [5.41, 5.74) is 3.20. The van der Waals surface area contributed by atoms with Gasteiger partial charge in [-0.25, -0.2) is 4.98 Å². The second kappa shape index (κ2) is 7.10. The molecule has 0 radical (unpaired) electrons. The summed E-state index contributed by atoms with van der Waals surface area (Å²) in [6.45, 7) is 2.26. The molecule has 0 aliphatic rings. The van der Waals surface area contributed by atoms with Gasteiger partial charge in [-0.1, -0.05) is 48.0 Å². The summed E-state index contributed by atoms with van der Waals surface area (Å²) in [7, 11) is 1.93. The molecular formula is C21H19ClN4O. The number of rotatable bonds is 4. The second-order valence-electron chi connectivity index (χ2n) is 6.68. The van der Waals surface area contributed by atoms with Crippen LogP contribution in [0.1, 0.15) is 6.92 Å². The van der Waals surface area contributed by atoms with E-state index in [-0.39, 0.29) is 0 Å². The van der Waals surface area contributed by atoms with Gasteiger partial charge in [-0.3, -0.25) is 0 Å². The first-order valence-electron chi connectivity index (χ1n) is 8.74. The highest BCUT2D eigenvalue weighted by Crippen LogP contribution is 2.31. The van der Waals surface area contributed by atoms with Gasteiger partial charge < -0.3 is 10.0 Å². The van der Waals surface area contributed by atoms with E-state index in [1.807, 2.05) is 66.5 Å². The van der Waals surface area contributed by atoms with Gasteiger partial charge in [0, 0.05) is 35.0 Å². The maximum absolute atomic E-state index is 9.78. The highest BCUT2D eigenvalue weighted by atomic mass is 35.5. The number of nitrogens with zero attached hydrogens (tertiary/aromatic N) is 4. The monoisotopic (exact) mass is 378 g/mol. The van der Waals surface area contributed by atoms with Crippen LogP contribution in [0.2, 0.25) is 5.02 Å². The molecule has 1 N–H and O–H groups in total. The van der Waals surface area contributed by atoms with Crippen molar-refractivity contribution in [2.75, 3.05) is 18.5 Å². The molecule has 136 valence electrons. The topological polar surface area (TPSA) is 62.1 Å². The van der Waals surface area contributed by atoms with E-state index in [1.54, 1.807) is 6.92 Å². The molecule has 1 unspecified atom stereocenters. The van der Waals surface area contributed by atoms with Crippen molar-refractivity contribution in [3.05, 3.63) is 59.6 Å². The largest absolute Gasteiger partial charge is 0.392 e. The molecular weight excluding hydrogens is 360 g/mol. The van der Waals surface area contributed by atoms with Gasteiger partial charge in [-0.05, 0) is 25.1 Å². The van der Waals surface area contributed by atoms with Gasteiger partial charge in [0.2, 0.25) is 0 Å². The molecule has 0 saturated carbocycles. The first kappa shape index (κ1) is 17.6. The van der Waals surface area contributed by atoms with Gasteiger partial charge >= 0.3 is 0 Å². The number of hydrogen-bond acceptors (Lipinski definition) is 5. The maximum atomic E-state index is 9.78. The van der Waals surface area contributed by atoms with Crippen LogP contribution in [0.15, 0.2) is 54.6 Å². The number of aromatic nitrogens is 3. The number of aliphatic hydroxyl groups is 1. The molecule has 0 bridgehead atoms. The Hall–Kier alpha value is -2.76. The molecule has 2 aromatic heterocycles. The van der Waals surface area contributed by atoms with Crippen LogP contribution in [-0.2, 0) is 0 Å². The van der Waals surface area contributed by atoms with E-state index in [4.69, 9.17) is 16.6 Å². The fraction of sp³-hybridized carbons (Fsp3) is 0.190. The number of hydrogen-bond donors (Lipinski definition) is 1. The van der Waals surface area contributed by atoms with Crippen LogP contribution in [-0.4, -0.2) is 40.0 Å². The molecule has 6 heteroatoms. The molecule has 0 saturated heterocycles. The molecule has 2 heterocycles. The zero-order chi connectivity index (χ0) is 19.0. The van der Waals surface area contributed by atoms with E-state index in [1.165, 1.54) is 0 Å². The molecule has 0 aliphatic carbocycles. The van der Waals surface area contributed by atoms with E-state index >= 15 is 0 Å². The highest BCUT2D eigenvalue weighted by molar-refractivity contribution is 6.30. The Labute approximate surface area is 162 Å². The average Bonchev–Trinajstić information content (AvgIpc) is 2.67. The van der Waals surface area contributed by atoms with Gasteiger partial charge in [0.1, 0.15) is 11.3 Å². The second-order valence-corrected chi connectivity index (χ2v) is 7.12. The summed E-state index contributed by atoms with van der Waals surface area (Å²) in [6, 6.07) is 17.4. The van der Waals surface area contributed by atoms with E-state index in [2.05, 4.69) is 10.2 Å². The fourth-order valence-corrected chi connectivity index (χ4v) is 3.38. The summed E-state index contributed by atoms with van der Waals surface area (Å²) in [5.74, 6) is 0.814. The zero-order valence-corrected chi connectivity index (χ0v) is 15.9. The number of anilines is 1. The van der Waals surface area contributed by atoms with Gasteiger partial charge in [0.25, 0.3) is 0 Å². The third-order valence-corrected chi connectivity index (χ3v) is 4.71. The summed E-state index contributed by atoms with van der Waals surface area (Å²) >= 11 is 5.98. The average molecular weight is 379 g/mol. The zero-order valence-electron chi connectivity index (χ0n) is 15.1. The number of likely N-dealkylation sites (N-methyl/N-ethyl adjacent to an activating group) is 1. The third kappa shape index (κ3) is 3.44. The SMILES string of the molecule is CC(O)CN(C)c1nc2cc(-c3ccc(Cl)cc3)nnc2c2ccccc12. The number of fused-ring (bicyclic) bond motifs is 3. The maximum Gasteiger partial charge on any atom is 0.137 e. The molecule has 0 amide bonds. The predicted octanol–water partition coefficient (Wildman–Crippen LogP) is 4.32. The molecule has 0 aliphatic heterocycles. The van der Waals surface area contributed by atoms with Crippen molar-refractivity contribution in [1.29, 1.82) is 0 Å². The van der Waals surface area contributed by atoms with Crippen LogP contribution in [0.25, 0.3) is 33.1 Å². The predicted molar refractivity (Wildman–Crippen MR) is 110 cm³/mol. The van der Waals surface area contributed by atoms with Crippen LogP contribution in [0.5, 0.6) is 0 Å². The van der Waals surface area contributed by atoms with Crippen LogP contribution >= 0.6 is 11.6 Å². The Kier molecular flexibility index (Phi) is 4.64. The lowest BCUT2D eigenvalue weighted by Crippen LogP contribution is -2.27. The summed E-state index contributed by atoms with van der Waals surface area (Å²) in [6.07, 6.45) is -0.452. The van der Waals surface area contributed by atoms with Crippen molar-refractivity contribution >= 4 is 39.2 Å². The number of aliphatic hydroxyl groups excluding tert-OH is 1. The quantitative estimate of drug-likeness (QED) is 0.536. The molecule has 4 aromatic rings. The van der Waals surface area contributed by atoms with Gasteiger partial charge in [-0.15, -0.1) is 10.2 Å². The molecule has 27 heavy (non-hydrogen) atoms. The number of benzene rings is 2. The minimum atomic E-state index is -0.452. The van der Waals surface area contributed by atoms with Crippen LogP contribution < -0.4 is 4.90 Å². The first-order chi connectivity index (χ1) is 13.0. The Morgan fingerprint density at radius 3 is 2.44 bits per heavy atom. The molecule has 1 atom stereocenters. The lowest BCUT2D eigenvalue weighted by molar-refractivity contribution is 0.201. The molecule has 0 fully saturated rings. The van der Waals surface area contributed by atoms with Crippen molar-refractivity contribution < 1.29 is 5.11 Å². The fourth-order valence-electron chi connectivity index (χ4n) is 3.25. The molecule has 0 spiro atoms. The van der Waals surface area contributed by atoms with E-state index in [0.29, 0.717) is 11.6 Å². The number of pyridine rings is 1. The van der Waals surface area contributed by atoms with Crippen molar-refractivity contribution in [2.45, 2.75) is 13.0 Å². The molecule has 4 rings (SSSR count). The summed E-state index contributed by atoms with van der Waals surface area (Å²) in [4.78, 5) is 6.81. The number of halogens is 1. The Morgan fingerprint density at radius 2 is 1.74 bits per heavy atom. The van der Waals surface area contributed by atoms with Crippen molar-refractivity contribution in [3.63, 3.8) is 0 Å². The Balaban J connectivity index is 1.92. The Bertz CT molecular complexity index is 1110. The molecule has 5 nitrogen and oxygen atoms in total. The lowest BCUT2D eigenvalue weighted by atomic mass is 10.1. The van der Waals surface area contributed by atoms with Crippen LogP contribution in [0.3, 0.4) is 0 Å². The standard InChI is InChI=1S/C21H19ClN4O/c1-13(27)12-26(2)21-17-6-4-3-5-16(17)20-19(23-21)11-18(24-25-20)14-7-9-15(22)10-8-14/h3-11,13,27H,12H2,1-2H3. The minimum absolute atomic E-state index is 0.452. The van der Waals surface area contributed by atoms with Crippen LogP contribution in [0, 0.1) is 0 Å². The smallest absolute Gasteiger partial charge is 0.137 e. The van der Waals surface area contributed by atoms with E-state index < -0.39 is 6.10 Å². The van der Waals surface area contributed by atoms with Gasteiger partial charge in [0.15, 0.2) is 0 Å². The first-order valence-corrected chi connectivity index (χ1v) is 9.12. The Morgan fingerprint density at radius 1 is 1.04 bits per heavy atom. The molecule has 2 aromatic carbocycles. The van der Waals surface area contributed by atoms with Crippen molar-refractivity contribution in [1.82, 2.24) is 15.2 Å². The summed E-state index contributed by atoms with van der Waals surface area (Å²) < 4.78 is 0. The van der Waals surface area contributed by atoms with Crippen molar-refractivity contribution in [3.8, 4) is 11.3 Å². The van der Waals surface area contributed by atoms with Crippen molar-refractivity contribution in [2.24, 2.45) is 0 Å². The van der Waals surface area contributed by atoms with Gasteiger partial charge in [0.05, 0.1) is 17.3 Å². The third-order valence-electron chi connectivity index (χ3n) is 4.46. The highest BCUT2D eigenvalue weighted by Gasteiger charge is 2.15. The minimum Gasteiger partial charge on any atom is -0.392 e.